The van der Waals surface area contributed by atoms with Crippen molar-refractivity contribution in [3.8, 4) is 0 Å². The molecule has 0 aliphatic heterocycles. The van der Waals surface area contributed by atoms with Gasteiger partial charge in [0.25, 0.3) is 0 Å². The zero-order valence-electron chi connectivity index (χ0n) is 13.4. The van der Waals surface area contributed by atoms with Gasteiger partial charge in [0.05, 0.1) is 5.60 Å². The second-order valence-electron chi connectivity index (χ2n) is 7.12. The molecule has 2 aliphatic rings. The Bertz CT molecular complexity index is 272. The molecule has 2 aliphatic carbocycles. The maximum Gasteiger partial charge on any atom is 0.0833 e. The molecule has 0 spiro atoms. The smallest absolute Gasteiger partial charge is 0.0833 e. The third-order valence-electron chi connectivity index (χ3n) is 6.09. The molecular formula is C17H33NO. The summed E-state index contributed by atoms with van der Waals surface area (Å²) >= 11 is 0. The Hall–Kier alpha value is -0.0800. The van der Waals surface area contributed by atoms with E-state index >= 15 is 0 Å². The highest BCUT2D eigenvalue weighted by atomic mass is 16.5. The minimum absolute atomic E-state index is 0.109. The van der Waals surface area contributed by atoms with Gasteiger partial charge in [-0.05, 0) is 50.5 Å². The lowest BCUT2D eigenvalue weighted by Gasteiger charge is -2.48. The highest BCUT2D eigenvalue weighted by Gasteiger charge is 2.44. The van der Waals surface area contributed by atoms with Gasteiger partial charge in [-0.3, -0.25) is 0 Å². The summed E-state index contributed by atoms with van der Waals surface area (Å²) in [6.45, 7) is 4.85. The minimum atomic E-state index is 0.109. The van der Waals surface area contributed by atoms with Crippen LogP contribution in [-0.4, -0.2) is 25.8 Å². The van der Waals surface area contributed by atoms with Crippen LogP contribution in [0.15, 0.2) is 0 Å². The molecular weight excluding hydrogens is 234 g/mol. The quantitative estimate of drug-likeness (QED) is 0.831. The van der Waals surface area contributed by atoms with Gasteiger partial charge in [0.2, 0.25) is 0 Å². The lowest BCUT2D eigenvalue weighted by Crippen LogP contribution is -2.56. The molecule has 0 amide bonds. The van der Waals surface area contributed by atoms with Gasteiger partial charge in [-0.25, -0.2) is 0 Å². The number of nitrogens with one attached hydrogen (secondary N) is 1. The van der Waals surface area contributed by atoms with Gasteiger partial charge in [0.1, 0.15) is 0 Å². The Kier molecular flexibility index (Phi) is 5.30. The Morgan fingerprint density at radius 1 is 1.05 bits per heavy atom. The first kappa shape index (κ1) is 15.3. The van der Waals surface area contributed by atoms with Crippen LogP contribution in [0.2, 0.25) is 0 Å². The summed E-state index contributed by atoms with van der Waals surface area (Å²) in [5, 5.41) is 3.64. The van der Waals surface area contributed by atoms with Crippen LogP contribution in [-0.2, 0) is 4.74 Å². The molecule has 2 fully saturated rings. The van der Waals surface area contributed by atoms with E-state index in [4.69, 9.17) is 4.74 Å². The molecule has 0 bridgehead atoms. The molecule has 2 saturated carbocycles. The Balaban J connectivity index is 2.09. The molecule has 2 nitrogen and oxygen atoms in total. The van der Waals surface area contributed by atoms with E-state index in [0.717, 1.165) is 17.8 Å². The first-order valence-corrected chi connectivity index (χ1v) is 8.35. The SMILES string of the molecule is CNC(C1CCC(C)C(C)C1)C1(OC)CCCCC1. The summed E-state index contributed by atoms with van der Waals surface area (Å²) in [4.78, 5) is 0. The second kappa shape index (κ2) is 6.58. The molecule has 0 aromatic carbocycles. The lowest BCUT2D eigenvalue weighted by molar-refractivity contribution is -0.0869. The fraction of sp³-hybridized carbons (Fsp3) is 1.00. The molecule has 112 valence electrons. The first-order chi connectivity index (χ1) is 9.13. The Labute approximate surface area is 119 Å². The summed E-state index contributed by atoms with van der Waals surface area (Å²) < 4.78 is 6.08. The van der Waals surface area contributed by atoms with Crippen LogP contribution >= 0.6 is 0 Å². The minimum Gasteiger partial charge on any atom is -0.377 e. The summed E-state index contributed by atoms with van der Waals surface area (Å²) in [7, 11) is 4.08. The number of methoxy groups -OCH3 is 1. The molecule has 0 heterocycles. The van der Waals surface area contributed by atoms with Gasteiger partial charge in [-0.1, -0.05) is 39.5 Å². The van der Waals surface area contributed by atoms with Gasteiger partial charge in [0, 0.05) is 13.2 Å². The average Bonchev–Trinajstić information content (AvgIpc) is 2.44. The fourth-order valence-electron chi connectivity index (χ4n) is 4.61. The van der Waals surface area contributed by atoms with Crippen LogP contribution in [0.25, 0.3) is 0 Å². The van der Waals surface area contributed by atoms with E-state index < -0.39 is 0 Å². The summed E-state index contributed by atoms with van der Waals surface area (Å²) in [5.74, 6) is 2.57. The number of likely N-dealkylation sites (N-methyl/N-ethyl adjacent to an activating group) is 1. The van der Waals surface area contributed by atoms with Crippen LogP contribution in [0.3, 0.4) is 0 Å². The molecule has 19 heavy (non-hydrogen) atoms. The maximum atomic E-state index is 6.08. The van der Waals surface area contributed by atoms with E-state index in [0.29, 0.717) is 6.04 Å². The molecule has 2 heteroatoms. The first-order valence-electron chi connectivity index (χ1n) is 8.35. The van der Waals surface area contributed by atoms with E-state index in [2.05, 4.69) is 26.2 Å². The molecule has 4 unspecified atom stereocenters. The largest absolute Gasteiger partial charge is 0.377 e. The van der Waals surface area contributed by atoms with Crippen molar-refractivity contribution in [2.45, 2.75) is 76.9 Å². The van der Waals surface area contributed by atoms with Crippen molar-refractivity contribution in [2.75, 3.05) is 14.2 Å². The third kappa shape index (κ3) is 3.16. The molecule has 4 atom stereocenters. The number of hydrogen-bond acceptors (Lipinski definition) is 2. The average molecular weight is 267 g/mol. The van der Waals surface area contributed by atoms with Crippen molar-refractivity contribution >= 4 is 0 Å². The maximum absolute atomic E-state index is 6.08. The normalized spacial score (nSPS) is 36.9. The highest BCUT2D eigenvalue weighted by Crippen LogP contribution is 2.42. The molecule has 0 aromatic heterocycles. The number of hydrogen-bond donors (Lipinski definition) is 1. The van der Waals surface area contributed by atoms with E-state index in [1.54, 1.807) is 0 Å². The predicted molar refractivity (Wildman–Crippen MR) is 81.3 cm³/mol. The van der Waals surface area contributed by atoms with Crippen molar-refractivity contribution < 1.29 is 4.74 Å². The summed E-state index contributed by atoms with van der Waals surface area (Å²) in [5.41, 5.74) is 0.109. The van der Waals surface area contributed by atoms with E-state index in [-0.39, 0.29) is 5.60 Å². The summed E-state index contributed by atoms with van der Waals surface area (Å²) in [6.07, 6.45) is 10.7. The van der Waals surface area contributed by atoms with Gasteiger partial charge >= 0.3 is 0 Å². The van der Waals surface area contributed by atoms with Crippen molar-refractivity contribution in [1.29, 1.82) is 0 Å². The number of ether oxygens (including phenoxy) is 1. The Morgan fingerprint density at radius 3 is 2.26 bits per heavy atom. The standard InChI is InChI=1S/C17H33NO/c1-13-8-9-15(12-14(13)2)16(18-3)17(19-4)10-6-5-7-11-17/h13-16,18H,5-12H2,1-4H3. The molecule has 0 radical (unpaired) electrons. The second-order valence-corrected chi connectivity index (χ2v) is 7.12. The van der Waals surface area contributed by atoms with Gasteiger partial charge < -0.3 is 10.1 Å². The van der Waals surface area contributed by atoms with E-state index in [1.807, 2.05) is 7.11 Å². The summed E-state index contributed by atoms with van der Waals surface area (Å²) in [6, 6.07) is 0.549. The molecule has 0 aromatic rings. The van der Waals surface area contributed by atoms with Gasteiger partial charge in [-0.15, -0.1) is 0 Å². The zero-order valence-corrected chi connectivity index (χ0v) is 13.4. The predicted octanol–water partition coefficient (Wildman–Crippen LogP) is 4.00. The highest BCUT2D eigenvalue weighted by molar-refractivity contribution is 4.99. The van der Waals surface area contributed by atoms with Crippen molar-refractivity contribution in [1.82, 2.24) is 5.32 Å². The fourth-order valence-corrected chi connectivity index (χ4v) is 4.61. The van der Waals surface area contributed by atoms with Crippen molar-refractivity contribution in [3.63, 3.8) is 0 Å². The van der Waals surface area contributed by atoms with Crippen LogP contribution in [0.5, 0.6) is 0 Å². The molecule has 1 N–H and O–H groups in total. The van der Waals surface area contributed by atoms with Crippen LogP contribution < -0.4 is 5.32 Å². The van der Waals surface area contributed by atoms with Crippen molar-refractivity contribution in [3.05, 3.63) is 0 Å². The topological polar surface area (TPSA) is 21.3 Å². The lowest BCUT2D eigenvalue weighted by atomic mass is 9.67. The Morgan fingerprint density at radius 2 is 1.74 bits per heavy atom. The van der Waals surface area contributed by atoms with Crippen LogP contribution in [0, 0.1) is 17.8 Å². The monoisotopic (exact) mass is 267 g/mol. The van der Waals surface area contributed by atoms with Crippen LogP contribution in [0.4, 0.5) is 0 Å². The third-order valence-corrected chi connectivity index (χ3v) is 6.09. The zero-order chi connectivity index (χ0) is 13.9. The molecule has 2 rings (SSSR count). The number of rotatable bonds is 4. The van der Waals surface area contributed by atoms with Gasteiger partial charge in [-0.2, -0.15) is 0 Å². The van der Waals surface area contributed by atoms with Gasteiger partial charge in [0.15, 0.2) is 0 Å². The van der Waals surface area contributed by atoms with E-state index in [9.17, 15) is 0 Å². The van der Waals surface area contributed by atoms with E-state index in [1.165, 1.54) is 51.4 Å². The molecule has 0 saturated heterocycles. The van der Waals surface area contributed by atoms with Crippen molar-refractivity contribution in [2.24, 2.45) is 17.8 Å². The van der Waals surface area contributed by atoms with Crippen LogP contribution in [0.1, 0.15) is 65.2 Å².